The smallest absolute Gasteiger partial charge is 0.340 e. The molecule has 2 heterocycles. The van der Waals surface area contributed by atoms with Crippen LogP contribution >= 0.6 is 11.5 Å². The lowest BCUT2D eigenvalue weighted by atomic mass is 10.2. The van der Waals surface area contributed by atoms with Crippen LogP contribution in [0.5, 0.6) is 0 Å². The van der Waals surface area contributed by atoms with E-state index in [4.69, 9.17) is 4.42 Å². The Hall–Kier alpha value is -2.15. The monoisotopic (exact) mass is 294 g/mol. The Morgan fingerprint density at radius 2 is 2.15 bits per heavy atom. The second-order valence-corrected chi connectivity index (χ2v) is 4.99. The van der Waals surface area contributed by atoms with Gasteiger partial charge in [0.1, 0.15) is 16.3 Å². The molecule has 106 valence electrons. The predicted molar refractivity (Wildman–Crippen MR) is 74.6 cm³/mol. The molecule has 0 aliphatic heterocycles. The maximum absolute atomic E-state index is 12.3. The van der Waals surface area contributed by atoms with Crippen molar-refractivity contribution in [2.24, 2.45) is 0 Å². The fraction of sp³-hybridized carbons (Fsp3) is 0.308. The van der Waals surface area contributed by atoms with E-state index < -0.39 is 11.9 Å². The fourth-order valence-corrected chi connectivity index (χ4v) is 2.62. The zero-order chi connectivity index (χ0) is 14.9. The number of rotatable bonds is 4. The number of aromatic carboxylic acids is 1. The molecule has 2 aromatic heterocycles. The number of carboxylic acids is 1. The first-order valence-electron chi connectivity index (χ1n) is 6.02. The lowest BCUT2D eigenvalue weighted by Gasteiger charge is -2.14. The number of anilines is 1. The maximum atomic E-state index is 12.3. The third-order valence-electron chi connectivity index (χ3n) is 2.89. The summed E-state index contributed by atoms with van der Waals surface area (Å²) in [6, 6.07) is 3.32. The van der Waals surface area contributed by atoms with Crippen molar-refractivity contribution in [3.05, 3.63) is 34.9 Å². The molecular formula is C13H14N2O4S. The Morgan fingerprint density at radius 3 is 2.70 bits per heavy atom. The number of carbonyl (C=O) groups excluding carboxylic acids is 1. The standard InChI is InChI=1S/C13H14N2O4S/c1-4-8-5-6-9(19-8)11(16)15(3)12-10(13(17)18)7(2)14-20-12/h5-6H,4H2,1-3H3,(H,17,18). The van der Waals surface area contributed by atoms with E-state index in [1.807, 2.05) is 6.92 Å². The van der Waals surface area contributed by atoms with Crippen molar-refractivity contribution in [3.8, 4) is 0 Å². The number of carbonyl (C=O) groups is 2. The van der Waals surface area contributed by atoms with Crippen molar-refractivity contribution in [3.63, 3.8) is 0 Å². The van der Waals surface area contributed by atoms with Crippen molar-refractivity contribution in [2.75, 3.05) is 11.9 Å². The van der Waals surface area contributed by atoms with Gasteiger partial charge in [0.2, 0.25) is 0 Å². The van der Waals surface area contributed by atoms with E-state index in [9.17, 15) is 14.7 Å². The molecule has 0 radical (unpaired) electrons. The Morgan fingerprint density at radius 1 is 1.45 bits per heavy atom. The molecule has 6 nitrogen and oxygen atoms in total. The molecule has 0 unspecified atom stereocenters. The second kappa shape index (κ2) is 5.46. The highest BCUT2D eigenvalue weighted by atomic mass is 32.1. The van der Waals surface area contributed by atoms with Gasteiger partial charge >= 0.3 is 5.97 Å². The van der Waals surface area contributed by atoms with E-state index in [2.05, 4.69) is 4.37 Å². The van der Waals surface area contributed by atoms with Gasteiger partial charge in [-0.25, -0.2) is 4.79 Å². The Balaban J connectivity index is 2.33. The summed E-state index contributed by atoms with van der Waals surface area (Å²) in [7, 11) is 1.51. The molecule has 0 aliphatic rings. The average molecular weight is 294 g/mol. The first-order chi connectivity index (χ1) is 9.45. The quantitative estimate of drug-likeness (QED) is 0.937. The molecule has 0 aromatic carbocycles. The SMILES string of the molecule is CCc1ccc(C(=O)N(C)c2snc(C)c2C(=O)O)o1. The maximum Gasteiger partial charge on any atom is 0.340 e. The van der Waals surface area contributed by atoms with Crippen LogP contribution in [-0.2, 0) is 6.42 Å². The van der Waals surface area contributed by atoms with Gasteiger partial charge in [-0.05, 0) is 30.6 Å². The fourth-order valence-electron chi connectivity index (χ4n) is 1.77. The van der Waals surface area contributed by atoms with E-state index in [0.717, 1.165) is 11.5 Å². The van der Waals surface area contributed by atoms with E-state index in [1.165, 1.54) is 11.9 Å². The Kier molecular flexibility index (Phi) is 3.89. The summed E-state index contributed by atoms with van der Waals surface area (Å²) in [6.07, 6.45) is 0.692. The summed E-state index contributed by atoms with van der Waals surface area (Å²) in [6.45, 7) is 3.52. The second-order valence-electron chi connectivity index (χ2n) is 4.24. The van der Waals surface area contributed by atoms with Crippen molar-refractivity contribution >= 4 is 28.4 Å². The highest BCUT2D eigenvalue weighted by Crippen LogP contribution is 2.29. The van der Waals surface area contributed by atoms with Crippen molar-refractivity contribution in [1.82, 2.24) is 4.37 Å². The molecule has 0 spiro atoms. The molecule has 0 atom stereocenters. The Labute approximate surface area is 119 Å². The van der Waals surface area contributed by atoms with Crippen LogP contribution in [0.3, 0.4) is 0 Å². The summed E-state index contributed by atoms with van der Waals surface area (Å²) in [5, 5.41) is 9.48. The third kappa shape index (κ3) is 2.44. The van der Waals surface area contributed by atoms with E-state index in [-0.39, 0.29) is 11.3 Å². The number of aryl methyl sites for hydroxylation is 2. The summed E-state index contributed by atoms with van der Waals surface area (Å²) in [5.41, 5.74) is 0.443. The number of hydrogen-bond acceptors (Lipinski definition) is 5. The number of carboxylic acid groups (broad SMARTS) is 1. The zero-order valence-corrected chi connectivity index (χ0v) is 12.2. The van der Waals surface area contributed by atoms with Crippen molar-refractivity contribution in [1.29, 1.82) is 0 Å². The molecule has 0 fully saturated rings. The molecule has 2 aromatic rings. The van der Waals surface area contributed by atoms with Crippen LogP contribution < -0.4 is 4.90 Å². The molecule has 0 bridgehead atoms. The zero-order valence-electron chi connectivity index (χ0n) is 11.3. The normalized spacial score (nSPS) is 10.6. The number of furan rings is 1. The van der Waals surface area contributed by atoms with Crippen LogP contribution in [0.4, 0.5) is 5.00 Å². The molecular weight excluding hydrogens is 280 g/mol. The molecule has 20 heavy (non-hydrogen) atoms. The largest absolute Gasteiger partial charge is 0.478 e. The van der Waals surface area contributed by atoms with Gasteiger partial charge in [0, 0.05) is 13.5 Å². The van der Waals surface area contributed by atoms with Gasteiger partial charge in [-0.3, -0.25) is 9.69 Å². The van der Waals surface area contributed by atoms with Crippen LogP contribution in [0, 0.1) is 6.92 Å². The van der Waals surface area contributed by atoms with Crippen molar-refractivity contribution in [2.45, 2.75) is 20.3 Å². The van der Waals surface area contributed by atoms with E-state index >= 15 is 0 Å². The summed E-state index contributed by atoms with van der Waals surface area (Å²) in [4.78, 5) is 24.8. The Bertz CT molecular complexity index is 659. The molecule has 1 N–H and O–H groups in total. The molecule has 2 rings (SSSR count). The van der Waals surface area contributed by atoms with Gasteiger partial charge in [-0.1, -0.05) is 6.92 Å². The van der Waals surface area contributed by atoms with Gasteiger partial charge in [-0.15, -0.1) is 0 Å². The van der Waals surface area contributed by atoms with Crippen LogP contribution in [0.2, 0.25) is 0 Å². The molecule has 0 saturated carbocycles. The molecule has 1 amide bonds. The van der Waals surface area contributed by atoms with Gasteiger partial charge < -0.3 is 9.52 Å². The van der Waals surface area contributed by atoms with Crippen LogP contribution in [0.15, 0.2) is 16.5 Å². The number of amides is 1. The molecule has 7 heteroatoms. The first-order valence-corrected chi connectivity index (χ1v) is 6.79. The number of hydrogen-bond donors (Lipinski definition) is 1. The molecule has 0 aliphatic carbocycles. The van der Waals surface area contributed by atoms with Crippen LogP contribution in [0.25, 0.3) is 0 Å². The lowest BCUT2D eigenvalue weighted by molar-refractivity contribution is 0.0697. The van der Waals surface area contributed by atoms with E-state index in [0.29, 0.717) is 22.9 Å². The van der Waals surface area contributed by atoms with Gasteiger partial charge in [0.15, 0.2) is 5.76 Å². The third-order valence-corrected chi connectivity index (χ3v) is 3.90. The topological polar surface area (TPSA) is 83.6 Å². The summed E-state index contributed by atoms with van der Waals surface area (Å²) in [5.74, 6) is -0.595. The minimum atomic E-state index is -1.10. The minimum Gasteiger partial charge on any atom is -0.478 e. The molecule has 0 saturated heterocycles. The number of aromatic nitrogens is 1. The van der Waals surface area contributed by atoms with Gasteiger partial charge in [0.25, 0.3) is 5.91 Å². The summed E-state index contributed by atoms with van der Waals surface area (Å²) < 4.78 is 9.38. The minimum absolute atomic E-state index is 0.0492. The average Bonchev–Trinajstić information content (AvgIpc) is 3.03. The predicted octanol–water partition coefficient (Wildman–Crippen LogP) is 2.58. The van der Waals surface area contributed by atoms with E-state index in [1.54, 1.807) is 19.1 Å². The lowest BCUT2D eigenvalue weighted by Crippen LogP contribution is -2.26. The van der Waals surface area contributed by atoms with Gasteiger partial charge in [-0.2, -0.15) is 4.37 Å². The first kappa shape index (κ1) is 14.3. The van der Waals surface area contributed by atoms with Gasteiger partial charge in [0.05, 0.1) is 5.69 Å². The van der Waals surface area contributed by atoms with Crippen molar-refractivity contribution < 1.29 is 19.1 Å². The summed E-state index contributed by atoms with van der Waals surface area (Å²) >= 11 is 0.981. The highest BCUT2D eigenvalue weighted by Gasteiger charge is 2.26. The van der Waals surface area contributed by atoms with Crippen LogP contribution in [-0.4, -0.2) is 28.4 Å². The van der Waals surface area contributed by atoms with Crippen LogP contribution in [0.1, 0.15) is 39.3 Å². The number of nitrogens with zero attached hydrogens (tertiary/aromatic N) is 2. The highest BCUT2D eigenvalue weighted by molar-refractivity contribution is 7.11.